The molecule has 1 amide bonds. The predicted molar refractivity (Wildman–Crippen MR) is 80.6 cm³/mol. The average molecular weight is 300 g/mol. The van der Waals surface area contributed by atoms with Gasteiger partial charge in [-0.25, -0.2) is 10.4 Å². The molecule has 0 fully saturated rings. The lowest BCUT2D eigenvalue weighted by Gasteiger charge is -1.97. The summed E-state index contributed by atoms with van der Waals surface area (Å²) in [5.74, 6) is -0.0829. The van der Waals surface area contributed by atoms with Gasteiger partial charge in [0.1, 0.15) is 5.75 Å². The zero-order valence-electron chi connectivity index (χ0n) is 10.9. The highest BCUT2D eigenvalue weighted by Crippen LogP contribution is 2.11. The SMILES string of the molecule is O=C(Cc1cn2ccsc2n1)N/N=C/c1cccc(O)c1. The molecule has 3 aromatic rings. The third-order valence-corrected chi connectivity index (χ3v) is 3.53. The first-order chi connectivity index (χ1) is 10.2. The molecule has 0 saturated heterocycles. The monoisotopic (exact) mass is 300 g/mol. The van der Waals surface area contributed by atoms with Gasteiger partial charge in [0.25, 0.3) is 0 Å². The second kappa shape index (κ2) is 5.76. The number of hydrogen-bond donors (Lipinski definition) is 2. The molecule has 0 aliphatic carbocycles. The smallest absolute Gasteiger partial charge is 0.246 e. The highest BCUT2D eigenvalue weighted by Gasteiger charge is 2.07. The van der Waals surface area contributed by atoms with Crippen LogP contribution in [0.5, 0.6) is 5.75 Å². The summed E-state index contributed by atoms with van der Waals surface area (Å²) in [6, 6.07) is 6.61. The zero-order chi connectivity index (χ0) is 14.7. The van der Waals surface area contributed by atoms with E-state index in [1.54, 1.807) is 24.3 Å². The van der Waals surface area contributed by atoms with E-state index in [-0.39, 0.29) is 18.1 Å². The van der Waals surface area contributed by atoms with Crippen molar-refractivity contribution < 1.29 is 9.90 Å². The number of nitrogens with one attached hydrogen (secondary N) is 1. The maximum atomic E-state index is 11.7. The Morgan fingerprint density at radius 3 is 3.24 bits per heavy atom. The standard InChI is InChI=1S/C14H12N4O2S/c19-12-3-1-2-10(6-12)8-15-17-13(20)7-11-9-18-4-5-21-14(18)16-11/h1-6,8-9,19H,7H2,(H,17,20)/b15-8+. The number of phenolic OH excluding ortho intramolecular Hbond substituents is 1. The van der Waals surface area contributed by atoms with Crippen molar-refractivity contribution in [2.45, 2.75) is 6.42 Å². The van der Waals surface area contributed by atoms with Crippen LogP contribution in [-0.2, 0) is 11.2 Å². The number of benzene rings is 1. The number of phenols is 1. The number of rotatable bonds is 4. The van der Waals surface area contributed by atoms with Crippen LogP contribution in [0.15, 0.2) is 47.1 Å². The number of fused-ring (bicyclic) bond motifs is 1. The molecule has 21 heavy (non-hydrogen) atoms. The second-order valence-electron chi connectivity index (χ2n) is 4.39. The number of amides is 1. The van der Waals surface area contributed by atoms with Crippen LogP contribution in [0.25, 0.3) is 4.96 Å². The molecule has 0 saturated carbocycles. The van der Waals surface area contributed by atoms with Crippen molar-refractivity contribution >= 4 is 28.4 Å². The largest absolute Gasteiger partial charge is 0.508 e. The molecule has 1 aromatic carbocycles. The molecule has 0 spiro atoms. The first kappa shape index (κ1) is 13.3. The summed E-state index contributed by atoms with van der Waals surface area (Å²) in [6.07, 6.45) is 5.37. The number of aromatic nitrogens is 2. The van der Waals surface area contributed by atoms with E-state index in [4.69, 9.17) is 0 Å². The molecule has 0 aliphatic heterocycles. The van der Waals surface area contributed by atoms with E-state index in [0.717, 1.165) is 4.96 Å². The van der Waals surface area contributed by atoms with Crippen LogP contribution in [0.4, 0.5) is 0 Å². The first-order valence-corrected chi connectivity index (χ1v) is 7.11. The number of imidazole rings is 1. The third kappa shape index (κ3) is 3.26. The van der Waals surface area contributed by atoms with E-state index in [9.17, 15) is 9.90 Å². The quantitative estimate of drug-likeness (QED) is 0.569. The maximum Gasteiger partial charge on any atom is 0.246 e. The fourth-order valence-electron chi connectivity index (χ4n) is 1.85. The molecule has 2 aromatic heterocycles. The fourth-order valence-corrected chi connectivity index (χ4v) is 2.57. The van der Waals surface area contributed by atoms with Crippen LogP contribution in [0.3, 0.4) is 0 Å². The Hall–Kier alpha value is -2.67. The van der Waals surface area contributed by atoms with E-state index in [1.807, 2.05) is 22.2 Å². The van der Waals surface area contributed by atoms with E-state index in [0.29, 0.717) is 11.3 Å². The second-order valence-corrected chi connectivity index (χ2v) is 5.26. The molecule has 0 unspecified atom stereocenters. The zero-order valence-corrected chi connectivity index (χ0v) is 11.7. The van der Waals surface area contributed by atoms with Crippen LogP contribution >= 0.6 is 11.3 Å². The van der Waals surface area contributed by atoms with Gasteiger partial charge in [-0.05, 0) is 17.7 Å². The normalized spacial score (nSPS) is 11.2. The van der Waals surface area contributed by atoms with E-state index >= 15 is 0 Å². The van der Waals surface area contributed by atoms with Crippen LogP contribution in [-0.4, -0.2) is 26.6 Å². The minimum atomic E-state index is -0.239. The van der Waals surface area contributed by atoms with E-state index in [1.165, 1.54) is 17.6 Å². The summed E-state index contributed by atoms with van der Waals surface area (Å²) in [5, 5.41) is 15.1. The minimum absolute atomic E-state index is 0.156. The van der Waals surface area contributed by atoms with Gasteiger partial charge in [0, 0.05) is 17.8 Å². The van der Waals surface area contributed by atoms with Gasteiger partial charge in [-0.3, -0.25) is 9.20 Å². The van der Waals surface area contributed by atoms with Crippen molar-refractivity contribution in [3.05, 3.63) is 53.3 Å². The van der Waals surface area contributed by atoms with Gasteiger partial charge in [0.15, 0.2) is 4.96 Å². The molecule has 0 bridgehead atoms. The Bertz CT molecular complexity index is 778. The Labute approximate surface area is 124 Å². The topological polar surface area (TPSA) is 79.0 Å². The number of carbonyl (C=O) groups is 1. The number of thiazole rings is 1. The number of carbonyl (C=O) groups excluding carboxylic acids is 1. The van der Waals surface area contributed by atoms with Crippen LogP contribution in [0.1, 0.15) is 11.3 Å². The van der Waals surface area contributed by atoms with Gasteiger partial charge >= 0.3 is 0 Å². The highest BCUT2D eigenvalue weighted by atomic mass is 32.1. The summed E-state index contributed by atoms with van der Waals surface area (Å²) < 4.78 is 1.88. The maximum absolute atomic E-state index is 11.7. The fraction of sp³-hybridized carbons (Fsp3) is 0.0714. The van der Waals surface area contributed by atoms with Crippen LogP contribution < -0.4 is 5.43 Å². The molecule has 7 heteroatoms. The summed E-state index contributed by atoms with van der Waals surface area (Å²) in [5.41, 5.74) is 3.85. The lowest BCUT2D eigenvalue weighted by atomic mass is 10.2. The highest BCUT2D eigenvalue weighted by molar-refractivity contribution is 7.15. The molecular weight excluding hydrogens is 288 g/mol. The van der Waals surface area contributed by atoms with Gasteiger partial charge < -0.3 is 5.11 Å². The van der Waals surface area contributed by atoms with Gasteiger partial charge in [-0.2, -0.15) is 5.10 Å². The number of nitrogens with zero attached hydrogens (tertiary/aromatic N) is 3. The summed E-state index contributed by atoms with van der Waals surface area (Å²) in [7, 11) is 0. The van der Waals surface area contributed by atoms with Gasteiger partial charge in [-0.15, -0.1) is 11.3 Å². The summed E-state index contributed by atoms with van der Waals surface area (Å²) in [4.78, 5) is 16.9. The minimum Gasteiger partial charge on any atom is -0.508 e. The third-order valence-electron chi connectivity index (χ3n) is 2.76. The van der Waals surface area contributed by atoms with Crippen LogP contribution in [0, 0.1) is 0 Å². The predicted octanol–water partition coefficient (Wildman–Crippen LogP) is 1.79. The molecule has 0 atom stereocenters. The average Bonchev–Trinajstić information content (AvgIpc) is 2.99. The van der Waals surface area contributed by atoms with Gasteiger partial charge in [0.05, 0.1) is 18.3 Å². The van der Waals surface area contributed by atoms with Crippen molar-refractivity contribution in [2.75, 3.05) is 0 Å². The van der Waals surface area contributed by atoms with Crippen LogP contribution in [0.2, 0.25) is 0 Å². The van der Waals surface area contributed by atoms with Crippen molar-refractivity contribution in [2.24, 2.45) is 5.10 Å². The Morgan fingerprint density at radius 1 is 1.52 bits per heavy atom. The number of aromatic hydroxyl groups is 1. The lowest BCUT2D eigenvalue weighted by Crippen LogP contribution is -2.19. The van der Waals surface area contributed by atoms with Gasteiger partial charge in [0.2, 0.25) is 5.91 Å². The van der Waals surface area contributed by atoms with E-state index < -0.39 is 0 Å². The first-order valence-electron chi connectivity index (χ1n) is 6.23. The molecular formula is C14H12N4O2S. The summed E-state index contributed by atoms with van der Waals surface area (Å²) in [6.45, 7) is 0. The Balaban J connectivity index is 1.58. The molecule has 6 nitrogen and oxygen atoms in total. The van der Waals surface area contributed by atoms with Crippen molar-refractivity contribution in [1.29, 1.82) is 0 Å². The van der Waals surface area contributed by atoms with E-state index in [2.05, 4.69) is 15.5 Å². The number of hydrazone groups is 1. The summed E-state index contributed by atoms with van der Waals surface area (Å²) >= 11 is 1.52. The van der Waals surface area contributed by atoms with Crippen molar-refractivity contribution in [3.8, 4) is 5.75 Å². The molecule has 0 radical (unpaired) electrons. The lowest BCUT2D eigenvalue weighted by molar-refractivity contribution is -0.120. The van der Waals surface area contributed by atoms with Gasteiger partial charge in [-0.1, -0.05) is 12.1 Å². The van der Waals surface area contributed by atoms with Crippen molar-refractivity contribution in [1.82, 2.24) is 14.8 Å². The number of hydrogen-bond acceptors (Lipinski definition) is 5. The molecule has 0 aliphatic rings. The molecule has 3 rings (SSSR count). The molecule has 2 N–H and O–H groups in total. The van der Waals surface area contributed by atoms with Crippen molar-refractivity contribution in [3.63, 3.8) is 0 Å². The Morgan fingerprint density at radius 2 is 2.43 bits per heavy atom. The molecule has 106 valence electrons. The molecule has 2 heterocycles. The Kier molecular flexibility index (Phi) is 3.65.